The summed E-state index contributed by atoms with van der Waals surface area (Å²) in [4.78, 5) is 40.0. The number of carbonyl (C=O) groups is 3. The number of benzene rings is 1. The molecule has 1 heterocycles. The smallest absolute Gasteiger partial charge is 0.323 e. The SMILES string of the molecule is CC(=O)N(C(=O)C(=O)Nc1ncn[nH]1)c1ccc(N)cc1. The van der Waals surface area contributed by atoms with Crippen molar-refractivity contribution in [3.63, 3.8) is 0 Å². The molecular formula is C12H12N6O3. The Kier molecular flexibility index (Phi) is 3.93. The van der Waals surface area contributed by atoms with Gasteiger partial charge in [-0.3, -0.25) is 19.7 Å². The zero-order valence-electron chi connectivity index (χ0n) is 11.0. The first-order chi connectivity index (χ1) is 9.99. The maximum Gasteiger partial charge on any atom is 0.323 e. The number of hydrogen-bond acceptors (Lipinski definition) is 6. The van der Waals surface area contributed by atoms with Crippen LogP contribution in [0, 0.1) is 0 Å². The number of rotatable bonds is 2. The number of amides is 3. The highest BCUT2D eigenvalue weighted by molar-refractivity contribution is 6.48. The van der Waals surface area contributed by atoms with Crippen LogP contribution in [-0.2, 0) is 14.4 Å². The highest BCUT2D eigenvalue weighted by Gasteiger charge is 2.27. The quantitative estimate of drug-likeness (QED) is 0.522. The van der Waals surface area contributed by atoms with Gasteiger partial charge in [-0.25, -0.2) is 10.00 Å². The molecule has 0 aliphatic heterocycles. The zero-order chi connectivity index (χ0) is 15.4. The molecule has 1 aromatic heterocycles. The predicted molar refractivity (Wildman–Crippen MR) is 74.0 cm³/mol. The fourth-order valence-corrected chi connectivity index (χ4v) is 1.59. The lowest BCUT2D eigenvalue weighted by atomic mass is 10.2. The first kappa shape index (κ1) is 14.2. The van der Waals surface area contributed by atoms with Crippen LogP contribution >= 0.6 is 0 Å². The van der Waals surface area contributed by atoms with Crippen molar-refractivity contribution in [2.45, 2.75) is 6.92 Å². The van der Waals surface area contributed by atoms with Gasteiger partial charge in [0.15, 0.2) is 0 Å². The third-order valence-corrected chi connectivity index (χ3v) is 2.51. The molecule has 0 fully saturated rings. The van der Waals surface area contributed by atoms with Gasteiger partial charge in [-0.1, -0.05) is 0 Å². The number of aromatic amines is 1. The van der Waals surface area contributed by atoms with Crippen molar-refractivity contribution in [2.75, 3.05) is 16.0 Å². The number of imide groups is 1. The second-order valence-electron chi connectivity index (χ2n) is 4.04. The van der Waals surface area contributed by atoms with Crippen LogP contribution in [-0.4, -0.2) is 32.9 Å². The normalized spacial score (nSPS) is 9.95. The number of aromatic nitrogens is 3. The number of hydrogen-bond donors (Lipinski definition) is 3. The maximum absolute atomic E-state index is 12.1. The summed E-state index contributed by atoms with van der Waals surface area (Å²) in [6.07, 6.45) is 1.17. The summed E-state index contributed by atoms with van der Waals surface area (Å²) >= 11 is 0. The van der Waals surface area contributed by atoms with E-state index in [0.717, 1.165) is 4.90 Å². The summed E-state index contributed by atoms with van der Waals surface area (Å²) in [6, 6.07) is 5.98. The molecule has 2 aromatic rings. The van der Waals surface area contributed by atoms with Gasteiger partial charge in [-0.15, -0.1) is 0 Å². The van der Waals surface area contributed by atoms with Crippen LogP contribution in [0.25, 0.3) is 0 Å². The van der Waals surface area contributed by atoms with E-state index < -0.39 is 17.7 Å². The molecule has 0 aliphatic carbocycles. The second kappa shape index (κ2) is 5.82. The minimum Gasteiger partial charge on any atom is -0.399 e. The Hall–Kier alpha value is -3.23. The number of carbonyl (C=O) groups excluding carboxylic acids is 3. The Morgan fingerprint density at radius 2 is 1.90 bits per heavy atom. The lowest BCUT2D eigenvalue weighted by Crippen LogP contribution is -2.42. The summed E-state index contributed by atoms with van der Waals surface area (Å²) in [6.45, 7) is 1.18. The van der Waals surface area contributed by atoms with Gasteiger partial charge in [0.25, 0.3) is 0 Å². The van der Waals surface area contributed by atoms with Gasteiger partial charge in [-0.05, 0) is 24.3 Å². The Balaban J connectivity index is 2.21. The van der Waals surface area contributed by atoms with E-state index in [1.807, 2.05) is 0 Å². The van der Waals surface area contributed by atoms with Crippen LogP contribution in [0.5, 0.6) is 0 Å². The number of anilines is 3. The van der Waals surface area contributed by atoms with E-state index in [1.165, 1.54) is 37.5 Å². The molecule has 0 spiro atoms. The average Bonchev–Trinajstić information content (AvgIpc) is 2.93. The van der Waals surface area contributed by atoms with E-state index in [2.05, 4.69) is 20.5 Å². The molecule has 1 aromatic carbocycles. The molecule has 0 saturated heterocycles. The Labute approximate surface area is 119 Å². The van der Waals surface area contributed by atoms with Crippen molar-refractivity contribution in [2.24, 2.45) is 0 Å². The zero-order valence-corrected chi connectivity index (χ0v) is 11.0. The molecule has 0 saturated carbocycles. The van der Waals surface area contributed by atoms with E-state index in [-0.39, 0.29) is 11.6 Å². The minimum atomic E-state index is -1.04. The van der Waals surface area contributed by atoms with Gasteiger partial charge in [0.2, 0.25) is 11.9 Å². The van der Waals surface area contributed by atoms with Crippen LogP contribution < -0.4 is 16.0 Å². The first-order valence-electron chi connectivity index (χ1n) is 5.86. The molecule has 0 unspecified atom stereocenters. The minimum absolute atomic E-state index is 0.00848. The highest BCUT2D eigenvalue weighted by atomic mass is 16.2. The topological polar surface area (TPSA) is 134 Å². The van der Waals surface area contributed by atoms with E-state index in [0.29, 0.717) is 5.69 Å². The molecule has 9 heteroatoms. The summed E-state index contributed by atoms with van der Waals surface area (Å²) in [5, 5.41) is 8.10. The number of nitrogens with one attached hydrogen (secondary N) is 2. The van der Waals surface area contributed by atoms with E-state index in [4.69, 9.17) is 5.73 Å². The maximum atomic E-state index is 12.1. The summed E-state index contributed by atoms with van der Waals surface area (Å²) < 4.78 is 0. The van der Waals surface area contributed by atoms with Gasteiger partial charge in [0.05, 0.1) is 5.69 Å². The fraction of sp³-hybridized carbons (Fsp3) is 0.0833. The van der Waals surface area contributed by atoms with Gasteiger partial charge < -0.3 is 5.73 Å². The highest BCUT2D eigenvalue weighted by Crippen LogP contribution is 2.17. The van der Waals surface area contributed by atoms with Crippen LogP contribution in [0.2, 0.25) is 0 Å². The molecule has 21 heavy (non-hydrogen) atoms. The molecule has 3 amide bonds. The average molecular weight is 288 g/mol. The molecular weight excluding hydrogens is 276 g/mol. The lowest BCUT2D eigenvalue weighted by Gasteiger charge is -2.18. The van der Waals surface area contributed by atoms with Crippen LogP contribution in [0.4, 0.5) is 17.3 Å². The first-order valence-corrected chi connectivity index (χ1v) is 5.86. The predicted octanol–water partition coefficient (Wildman–Crippen LogP) is -0.0949. The molecule has 9 nitrogen and oxygen atoms in total. The van der Waals surface area contributed by atoms with Crippen LogP contribution in [0.3, 0.4) is 0 Å². The largest absolute Gasteiger partial charge is 0.399 e. The number of nitrogen functional groups attached to an aromatic ring is 1. The third-order valence-electron chi connectivity index (χ3n) is 2.51. The fourth-order valence-electron chi connectivity index (χ4n) is 1.59. The van der Waals surface area contributed by atoms with Crippen molar-refractivity contribution in [3.8, 4) is 0 Å². The van der Waals surface area contributed by atoms with Gasteiger partial charge in [0, 0.05) is 12.6 Å². The Morgan fingerprint density at radius 3 is 2.43 bits per heavy atom. The van der Waals surface area contributed by atoms with Gasteiger partial charge in [0.1, 0.15) is 6.33 Å². The monoisotopic (exact) mass is 288 g/mol. The standard InChI is InChI=1S/C12H12N6O3/c1-7(19)18(9-4-2-8(13)3-5-9)11(21)10(20)16-12-14-6-15-17-12/h2-6H,13H2,1H3,(H2,14,15,16,17,20). The van der Waals surface area contributed by atoms with E-state index >= 15 is 0 Å². The van der Waals surface area contributed by atoms with Crippen LogP contribution in [0.15, 0.2) is 30.6 Å². The second-order valence-corrected chi connectivity index (χ2v) is 4.04. The molecule has 0 radical (unpaired) electrons. The third kappa shape index (κ3) is 3.21. The van der Waals surface area contributed by atoms with Crippen molar-refractivity contribution in [1.82, 2.24) is 15.2 Å². The summed E-state index contributed by atoms with van der Waals surface area (Å²) in [5.41, 5.74) is 6.26. The van der Waals surface area contributed by atoms with E-state index in [1.54, 1.807) is 0 Å². The lowest BCUT2D eigenvalue weighted by molar-refractivity contribution is -0.136. The molecule has 108 valence electrons. The molecule has 0 atom stereocenters. The molecule has 2 rings (SSSR count). The number of nitrogens with two attached hydrogens (primary N) is 1. The van der Waals surface area contributed by atoms with E-state index in [9.17, 15) is 14.4 Å². The number of H-pyrrole nitrogens is 1. The molecule has 4 N–H and O–H groups in total. The summed E-state index contributed by atoms with van der Waals surface area (Å²) in [7, 11) is 0. The van der Waals surface area contributed by atoms with Crippen molar-refractivity contribution in [1.29, 1.82) is 0 Å². The van der Waals surface area contributed by atoms with Gasteiger partial charge in [-0.2, -0.15) is 10.1 Å². The Bertz CT molecular complexity index is 665. The van der Waals surface area contributed by atoms with Crippen molar-refractivity contribution >= 4 is 35.0 Å². The summed E-state index contributed by atoms with van der Waals surface area (Å²) in [5.74, 6) is -2.64. The molecule has 0 aliphatic rings. The van der Waals surface area contributed by atoms with Crippen LogP contribution in [0.1, 0.15) is 6.92 Å². The molecule has 0 bridgehead atoms. The number of nitrogens with zero attached hydrogens (tertiary/aromatic N) is 3. The Morgan fingerprint density at radius 1 is 1.24 bits per heavy atom. The van der Waals surface area contributed by atoms with Gasteiger partial charge >= 0.3 is 11.8 Å². The van der Waals surface area contributed by atoms with Crippen molar-refractivity contribution in [3.05, 3.63) is 30.6 Å². The van der Waals surface area contributed by atoms with Crippen molar-refractivity contribution < 1.29 is 14.4 Å².